The summed E-state index contributed by atoms with van der Waals surface area (Å²) >= 11 is 0. The van der Waals surface area contributed by atoms with Crippen LogP contribution in [0.15, 0.2) is 24.3 Å². The second-order valence-corrected chi connectivity index (χ2v) is 8.44. The molecule has 0 atom stereocenters. The number of anilines is 2. The van der Waals surface area contributed by atoms with E-state index in [9.17, 15) is 18.3 Å². The van der Waals surface area contributed by atoms with E-state index in [1.807, 2.05) is 28.8 Å². The molecule has 8 nitrogen and oxygen atoms in total. The van der Waals surface area contributed by atoms with Gasteiger partial charge in [0.15, 0.2) is 0 Å². The van der Waals surface area contributed by atoms with E-state index in [2.05, 4.69) is 18.8 Å². The molecule has 1 saturated heterocycles. The van der Waals surface area contributed by atoms with Gasteiger partial charge in [-0.25, -0.2) is 14.0 Å². The summed E-state index contributed by atoms with van der Waals surface area (Å²) in [6.45, 7) is 4.79. The average molecular weight is 378 g/mol. The highest BCUT2D eigenvalue weighted by molar-refractivity contribution is 7.92. The Morgan fingerprint density at radius 3 is 2.69 bits per heavy atom. The van der Waals surface area contributed by atoms with Crippen LogP contribution in [-0.2, 0) is 15.0 Å². The minimum absolute atomic E-state index is 0.0327. The van der Waals surface area contributed by atoms with E-state index in [1.165, 1.54) is 12.1 Å². The molecule has 26 heavy (non-hydrogen) atoms. The van der Waals surface area contributed by atoms with Gasteiger partial charge in [0.1, 0.15) is 18.1 Å². The largest absolute Gasteiger partial charge is 0.506 e. The van der Waals surface area contributed by atoms with Gasteiger partial charge in [0, 0.05) is 19.0 Å². The molecule has 2 heterocycles. The molecule has 0 spiro atoms. The van der Waals surface area contributed by atoms with Gasteiger partial charge in [0.05, 0.1) is 11.2 Å². The fourth-order valence-electron chi connectivity index (χ4n) is 2.78. The number of nitrogens with one attached hydrogen (secondary N) is 1. The third-order valence-corrected chi connectivity index (χ3v) is 5.68. The first-order valence-corrected chi connectivity index (χ1v) is 9.79. The zero-order chi connectivity index (χ0) is 19.1. The molecule has 0 aliphatic carbocycles. The molecule has 0 bridgehead atoms. The maximum absolute atomic E-state index is 12.0. The van der Waals surface area contributed by atoms with Crippen molar-refractivity contribution in [3.05, 3.63) is 24.3 Å². The number of benzene rings is 1. The number of phenolic OH excluding ortho intramolecular Hbond substituents is 1. The zero-order valence-corrected chi connectivity index (χ0v) is 15.7. The topological polar surface area (TPSA) is 103 Å². The van der Waals surface area contributed by atoms with Crippen molar-refractivity contribution in [2.75, 3.05) is 29.3 Å². The molecule has 1 fully saturated rings. The number of aromatic hydroxyl groups is 1. The Kier molecular flexibility index (Phi) is 4.66. The Morgan fingerprint density at radius 1 is 1.35 bits per heavy atom. The van der Waals surface area contributed by atoms with Crippen LogP contribution in [0.4, 0.5) is 11.5 Å². The smallest absolute Gasteiger partial charge is 0.326 e. The van der Waals surface area contributed by atoms with E-state index < -0.39 is 16.1 Å². The summed E-state index contributed by atoms with van der Waals surface area (Å²) in [6.07, 6.45) is 1.02. The van der Waals surface area contributed by atoms with Crippen LogP contribution in [0.5, 0.6) is 5.75 Å². The molecule has 140 valence electrons. The number of nitrogens with zero attached hydrogens (tertiary/aromatic N) is 3. The monoisotopic (exact) mass is 378 g/mol. The van der Waals surface area contributed by atoms with Crippen LogP contribution in [0.2, 0.25) is 0 Å². The highest BCUT2D eigenvalue weighted by Crippen LogP contribution is 2.34. The lowest BCUT2D eigenvalue weighted by molar-refractivity contribution is -0.117. The van der Waals surface area contributed by atoms with Crippen molar-refractivity contribution in [1.82, 2.24) is 9.71 Å². The number of carbonyl (C=O) groups excluding carboxylic acids is 1. The van der Waals surface area contributed by atoms with E-state index in [1.54, 1.807) is 0 Å². The number of pyridine rings is 1. The first-order valence-electron chi connectivity index (χ1n) is 8.35. The summed E-state index contributed by atoms with van der Waals surface area (Å²) in [5.74, 6) is 0.472. The predicted molar refractivity (Wildman–Crippen MR) is 101 cm³/mol. The molecule has 1 aliphatic rings. The Bertz CT molecular complexity index is 959. The predicted octanol–water partition coefficient (Wildman–Crippen LogP) is 1.60. The van der Waals surface area contributed by atoms with Gasteiger partial charge >= 0.3 is 10.2 Å². The highest BCUT2D eigenvalue weighted by Gasteiger charge is 2.35. The molecule has 2 aromatic rings. The maximum Gasteiger partial charge on any atom is 0.326 e. The molecule has 0 saturated carbocycles. The van der Waals surface area contributed by atoms with E-state index in [-0.39, 0.29) is 18.0 Å². The summed E-state index contributed by atoms with van der Waals surface area (Å²) < 4.78 is 26.8. The third kappa shape index (κ3) is 3.52. The van der Waals surface area contributed by atoms with E-state index in [0.717, 1.165) is 23.1 Å². The number of carbonyl (C=O) groups is 1. The fourth-order valence-corrected chi connectivity index (χ4v) is 3.93. The summed E-state index contributed by atoms with van der Waals surface area (Å²) in [5.41, 5.74) is 0.576. The minimum atomic E-state index is -3.99. The van der Waals surface area contributed by atoms with Gasteiger partial charge < -0.3 is 10.0 Å². The minimum Gasteiger partial charge on any atom is -0.506 e. The van der Waals surface area contributed by atoms with Gasteiger partial charge in [-0.15, -0.1) is 0 Å². The van der Waals surface area contributed by atoms with Crippen molar-refractivity contribution in [3.8, 4) is 5.75 Å². The van der Waals surface area contributed by atoms with Gasteiger partial charge in [-0.3, -0.25) is 4.79 Å². The molecule has 2 N–H and O–H groups in total. The molecule has 1 aromatic heterocycles. The Morgan fingerprint density at radius 2 is 2.08 bits per heavy atom. The SMILES string of the molecule is CC(C)CCN(C)c1ccc2cc(O)c(N3CC(=O)NS3(=O)=O)cc2n1. The van der Waals surface area contributed by atoms with Crippen LogP contribution in [-0.4, -0.2) is 44.6 Å². The molecule has 3 rings (SSSR count). The van der Waals surface area contributed by atoms with Crippen LogP contribution in [0, 0.1) is 5.92 Å². The summed E-state index contributed by atoms with van der Waals surface area (Å²) in [5, 5.41) is 10.9. The van der Waals surface area contributed by atoms with Crippen LogP contribution in [0.25, 0.3) is 10.9 Å². The number of hydrogen-bond acceptors (Lipinski definition) is 6. The molecular weight excluding hydrogens is 356 g/mol. The number of hydrogen-bond donors (Lipinski definition) is 2. The number of amides is 1. The number of phenols is 1. The van der Waals surface area contributed by atoms with Gasteiger partial charge in [0.25, 0.3) is 5.91 Å². The van der Waals surface area contributed by atoms with E-state index >= 15 is 0 Å². The average Bonchev–Trinajstić information content (AvgIpc) is 2.83. The molecule has 0 unspecified atom stereocenters. The normalized spacial score (nSPS) is 16.3. The van der Waals surface area contributed by atoms with Crippen LogP contribution < -0.4 is 13.9 Å². The van der Waals surface area contributed by atoms with Crippen LogP contribution >= 0.6 is 0 Å². The zero-order valence-electron chi connectivity index (χ0n) is 14.9. The quantitative estimate of drug-likeness (QED) is 0.819. The summed E-state index contributed by atoms with van der Waals surface area (Å²) in [4.78, 5) is 18.1. The lowest BCUT2D eigenvalue weighted by Crippen LogP contribution is -2.29. The lowest BCUT2D eigenvalue weighted by atomic mass is 10.1. The second kappa shape index (κ2) is 6.64. The molecule has 9 heteroatoms. The number of aromatic nitrogens is 1. The van der Waals surface area contributed by atoms with Crippen molar-refractivity contribution < 1.29 is 18.3 Å². The van der Waals surface area contributed by atoms with Crippen molar-refractivity contribution in [1.29, 1.82) is 0 Å². The summed E-state index contributed by atoms with van der Waals surface area (Å²) in [6, 6.07) is 6.63. The Hall–Kier alpha value is -2.55. The lowest BCUT2D eigenvalue weighted by Gasteiger charge is -2.20. The first kappa shape index (κ1) is 18.2. The van der Waals surface area contributed by atoms with Crippen molar-refractivity contribution >= 4 is 38.5 Å². The van der Waals surface area contributed by atoms with Crippen LogP contribution in [0.1, 0.15) is 20.3 Å². The second-order valence-electron chi connectivity index (χ2n) is 6.84. The Labute approximate surface area is 152 Å². The first-order chi connectivity index (χ1) is 12.2. The van der Waals surface area contributed by atoms with Crippen molar-refractivity contribution in [2.45, 2.75) is 20.3 Å². The fraction of sp³-hybridized carbons (Fsp3) is 0.412. The van der Waals surface area contributed by atoms with Gasteiger partial charge in [-0.1, -0.05) is 13.8 Å². The standard InChI is InChI=1S/C17H22N4O4S/c1-11(2)6-7-20(3)16-5-4-12-8-15(22)14(9-13(12)18-16)21-10-17(23)19-26(21,24)25/h4-5,8-9,11,22H,6-7,10H2,1-3H3,(H,19,23). The Balaban J connectivity index is 1.99. The molecule has 0 radical (unpaired) electrons. The highest BCUT2D eigenvalue weighted by atomic mass is 32.2. The van der Waals surface area contributed by atoms with Gasteiger partial charge in [-0.2, -0.15) is 8.42 Å². The van der Waals surface area contributed by atoms with E-state index in [4.69, 9.17) is 0 Å². The number of fused-ring (bicyclic) bond motifs is 1. The molecule has 1 amide bonds. The molecular formula is C17H22N4O4S. The van der Waals surface area contributed by atoms with E-state index in [0.29, 0.717) is 16.8 Å². The molecule has 1 aromatic carbocycles. The van der Waals surface area contributed by atoms with Crippen molar-refractivity contribution in [3.63, 3.8) is 0 Å². The van der Waals surface area contributed by atoms with Gasteiger partial charge in [-0.05, 0) is 36.6 Å². The molecule has 1 aliphatic heterocycles. The third-order valence-electron chi connectivity index (χ3n) is 4.29. The van der Waals surface area contributed by atoms with Crippen LogP contribution in [0.3, 0.4) is 0 Å². The number of rotatable bonds is 5. The van der Waals surface area contributed by atoms with Gasteiger partial charge in [0.2, 0.25) is 0 Å². The summed E-state index contributed by atoms with van der Waals surface area (Å²) in [7, 11) is -2.04. The maximum atomic E-state index is 12.0. The van der Waals surface area contributed by atoms with Crippen molar-refractivity contribution in [2.24, 2.45) is 5.92 Å².